The van der Waals surface area contributed by atoms with Gasteiger partial charge in [0.2, 0.25) is 0 Å². The second-order valence-corrected chi connectivity index (χ2v) is 47.0. The Hall–Kier alpha value is -7.11. The van der Waals surface area contributed by atoms with E-state index in [-0.39, 0.29) is 27.1 Å². The second kappa shape index (κ2) is 37.3. The lowest BCUT2D eigenvalue weighted by atomic mass is 9.44. The summed E-state index contributed by atoms with van der Waals surface area (Å²) >= 11 is 0. The first-order valence-corrected chi connectivity index (χ1v) is 52.3. The van der Waals surface area contributed by atoms with E-state index >= 15 is 0 Å². The maximum atomic E-state index is 12.6. The molecule has 22 rings (SSSR count). The van der Waals surface area contributed by atoms with Crippen LogP contribution in [0.2, 0.25) is 0 Å². The fraction of sp³-hybridized carbons (Fsp3) is 0.672. The number of hydrogen-bond acceptors (Lipinski definition) is 10. The number of fused-ring (bicyclic) bond motifs is 25. The molecule has 5 aromatic carbocycles. The van der Waals surface area contributed by atoms with Crippen molar-refractivity contribution < 1.29 is 48.4 Å². The first-order valence-electron chi connectivity index (χ1n) is 52.3. The van der Waals surface area contributed by atoms with Gasteiger partial charge in [0.1, 0.15) is 59.7 Å². The van der Waals surface area contributed by atoms with E-state index in [1.807, 2.05) is 6.92 Å². The molecule has 14 fully saturated rings. The highest BCUT2D eigenvalue weighted by Crippen LogP contribution is 2.70. The molecular weight excluding hydrogens is 1590 g/mol. The highest BCUT2D eigenvalue weighted by Gasteiger charge is 2.65. The van der Waals surface area contributed by atoms with Crippen molar-refractivity contribution in [1.82, 2.24) is 0 Å². The van der Waals surface area contributed by atoms with Crippen molar-refractivity contribution in [2.45, 2.75) is 361 Å². The van der Waals surface area contributed by atoms with Gasteiger partial charge in [-0.05, 0) is 412 Å². The highest BCUT2D eigenvalue weighted by atomic mass is 16.5. The zero-order valence-electron chi connectivity index (χ0n) is 80.6. The summed E-state index contributed by atoms with van der Waals surface area (Å²) in [6.07, 6.45) is 46.8. The van der Waals surface area contributed by atoms with E-state index in [0.717, 1.165) is 233 Å². The lowest BCUT2D eigenvalue weighted by Gasteiger charge is -2.61. The molecule has 0 saturated heterocycles. The van der Waals surface area contributed by atoms with Gasteiger partial charge >= 0.3 is 0 Å². The largest absolute Gasteiger partial charge is 0.494 e. The average molecular weight is 1750 g/mol. The quantitative estimate of drug-likeness (QED) is 0.0860. The number of aliphatic hydroxyl groups is 2. The Morgan fingerprint density at radius 3 is 1.20 bits per heavy atom. The van der Waals surface area contributed by atoms with Crippen LogP contribution >= 0.6 is 0 Å². The molecule has 2 N–H and O–H groups in total. The van der Waals surface area contributed by atoms with Crippen LogP contribution < -0.4 is 9.47 Å². The summed E-state index contributed by atoms with van der Waals surface area (Å²) in [6.45, 7) is 24.0. The van der Waals surface area contributed by atoms with E-state index in [0.29, 0.717) is 118 Å². The second-order valence-electron chi connectivity index (χ2n) is 47.0. The lowest BCUT2D eigenvalue weighted by molar-refractivity contribution is -0.155. The number of unbranched alkanes of at least 4 members (excludes halogenated alkanes) is 1. The molecule has 0 aliphatic heterocycles. The number of ether oxygens (including phenoxy) is 3. The zero-order chi connectivity index (χ0) is 90.1. The molecule has 10 nitrogen and oxygen atoms in total. The fourth-order valence-electron chi connectivity index (χ4n) is 33.7. The molecule has 5 aromatic rings. The van der Waals surface area contributed by atoms with E-state index in [1.54, 1.807) is 18.1 Å². The average Bonchev–Trinajstić information content (AvgIpc) is 1.72. The van der Waals surface area contributed by atoms with E-state index < -0.39 is 11.2 Å². The summed E-state index contributed by atoms with van der Waals surface area (Å²) in [6, 6.07) is 41.5. The summed E-state index contributed by atoms with van der Waals surface area (Å²) in [5.41, 5.74) is 12.8. The molecule has 26 atom stereocenters. The number of benzene rings is 5. The number of Topliss-reactive ketones (excluding diaryl/α,β-unsaturated/α-hetero) is 5. The molecule has 0 bridgehead atoms. The maximum Gasteiger partial charge on any atom is 0.139 e. The number of rotatable bonds is 13. The molecular formula is C119H156O10. The van der Waals surface area contributed by atoms with Crippen molar-refractivity contribution in [2.24, 2.45) is 121 Å². The number of ketones is 5. The molecule has 17 unspecified atom stereocenters. The Labute approximate surface area is 775 Å². The standard InChI is InChI=1S/C27H38O2.C26H36O2.C24H30O2.C23H28O3.C19H24O/c1-25-16-17-27(29,15-12-19-6-4-3-5-7-19)18-20(25)8-9-21-22-10-11-24(28)26(22,2)14-13-23(21)25;1-24-14-15-26(28,16-18-6-4-3-5-7-18)17-19(24)8-9-20-21-10-11-23(27)25(21,2)13-12-22(20)24;1-3-4-5-6-15-26-18-8-10-19-17(16-18)7-9-21-20(19)13-14-24(2)22(21)11-12-23(24)25;1-3-12-25-13-14-26-17-5-7-18-16(15-17)4-6-20-19(18)10-11-23(2)21(20)8-9-22(23)24;1-12-3-5-14-13(11-12)4-6-16-15(14)9-10-19(2)17(16)7-8-18(19)20/h3-7,20-23,29H,8-18H2,1-2H3;3-7,19-22,28H,8-17H2,1-2H3;8,10,16,20-22H,5-7,9,11-15H2,1-2H3;5,7,15,19-21H,4,6,8-11,13-14H2,1-2H3;3,5,11,15-17H,4,6-10H2,1-2H3/t20?,21?,22?,23?,25-,26-,27+;19?,20?,21?,22?,24-,25-,26-;20?,21?,22?,24-;19?,20?,21?,23-;15?,16?,17?,19-/m00000/s1. The van der Waals surface area contributed by atoms with Crippen molar-refractivity contribution >= 4 is 28.9 Å². The third-order valence-electron chi connectivity index (χ3n) is 41.1. The molecule has 17 aliphatic carbocycles. The molecule has 0 spiro atoms. The van der Waals surface area contributed by atoms with E-state index in [2.05, 4.69) is 195 Å². The Morgan fingerprint density at radius 1 is 0.364 bits per heavy atom. The Balaban J connectivity index is 0.000000109. The van der Waals surface area contributed by atoms with Crippen LogP contribution in [0.25, 0.3) is 0 Å². The van der Waals surface area contributed by atoms with Crippen LogP contribution in [0.4, 0.5) is 0 Å². The van der Waals surface area contributed by atoms with Gasteiger partial charge in [-0.3, -0.25) is 24.0 Å². The van der Waals surface area contributed by atoms with Gasteiger partial charge in [0.25, 0.3) is 0 Å². The van der Waals surface area contributed by atoms with E-state index in [1.165, 1.54) is 122 Å². The van der Waals surface area contributed by atoms with Crippen LogP contribution in [0.15, 0.2) is 115 Å². The Morgan fingerprint density at radius 2 is 0.760 bits per heavy atom. The van der Waals surface area contributed by atoms with Crippen molar-refractivity contribution in [3.63, 3.8) is 0 Å². The minimum absolute atomic E-state index is 0.0172. The lowest BCUT2D eigenvalue weighted by Crippen LogP contribution is -2.56. The zero-order valence-corrected chi connectivity index (χ0v) is 80.6. The van der Waals surface area contributed by atoms with Crippen molar-refractivity contribution in [3.8, 4) is 35.4 Å². The molecule has 17 aliphatic rings. The first-order chi connectivity index (χ1) is 62.0. The number of hydrogen-bond donors (Lipinski definition) is 2. The molecule has 10 heteroatoms. The molecule has 0 amide bonds. The molecule has 0 aromatic heterocycles. The Bertz CT molecular complexity index is 4930. The first kappa shape index (κ1) is 92.3. The topological polar surface area (TPSA) is 154 Å². The molecule has 0 heterocycles. The van der Waals surface area contributed by atoms with Gasteiger partial charge in [-0.25, -0.2) is 0 Å². The van der Waals surface area contributed by atoms with Crippen LogP contribution in [-0.2, 0) is 60.8 Å². The Kier molecular flexibility index (Phi) is 26.7. The van der Waals surface area contributed by atoms with Crippen LogP contribution in [-0.4, -0.2) is 70.2 Å². The highest BCUT2D eigenvalue weighted by molar-refractivity contribution is 5.89. The van der Waals surface area contributed by atoms with Gasteiger partial charge in [-0.1, -0.05) is 151 Å². The molecule has 692 valence electrons. The van der Waals surface area contributed by atoms with Crippen LogP contribution in [0.1, 0.15) is 361 Å². The fourth-order valence-corrected chi connectivity index (χ4v) is 33.7. The minimum Gasteiger partial charge on any atom is -0.494 e. The monoisotopic (exact) mass is 1750 g/mol. The van der Waals surface area contributed by atoms with Crippen molar-refractivity contribution in [1.29, 1.82) is 0 Å². The normalized spacial score (nSPS) is 39.8. The van der Waals surface area contributed by atoms with Gasteiger partial charge in [0, 0.05) is 78.9 Å². The molecule has 0 radical (unpaired) electrons. The number of aryl methyl sites for hydroxylation is 5. The summed E-state index contributed by atoms with van der Waals surface area (Å²) < 4.78 is 16.9. The summed E-state index contributed by atoms with van der Waals surface area (Å²) in [4.78, 5) is 62.4. The number of carbonyl (C=O) groups is 5. The third-order valence-corrected chi connectivity index (χ3v) is 41.1. The van der Waals surface area contributed by atoms with Gasteiger partial charge in [-0.2, -0.15) is 0 Å². The van der Waals surface area contributed by atoms with Gasteiger partial charge < -0.3 is 24.4 Å². The summed E-state index contributed by atoms with van der Waals surface area (Å²) in [7, 11) is 0. The van der Waals surface area contributed by atoms with Gasteiger partial charge in [0.15, 0.2) is 0 Å². The third kappa shape index (κ3) is 17.5. The van der Waals surface area contributed by atoms with Crippen LogP contribution in [0, 0.1) is 152 Å². The van der Waals surface area contributed by atoms with Crippen LogP contribution in [0.5, 0.6) is 11.5 Å². The van der Waals surface area contributed by atoms with Gasteiger partial charge in [-0.15, -0.1) is 11.8 Å². The van der Waals surface area contributed by atoms with Crippen LogP contribution in [0.3, 0.4) is 0 Å². The number of carbonyl (C=O) groups excluding carboxylic acids is 5. The maximum absolute atomic E-state index is 12.6. The van der Waals surface area contributed by atoms with E-state index in [9.17, 15) is 34.2 Å². The molecule has 129 heavy (non-hydrogen) atoms. The SMILES string of the molecule is CC#CCCCOc1ccc2c(c1)CCC1C2CC[C@]2(C)C(=O)CCC12.CC#COCCOc1ccc2c(c1)CCC1C2CC[C@]2(C)C(=O)CCC12.C[C@]12CC[C@](O)(CCc3ccccc3)CC1CCC1C2CC[C@]2(C)C(=O)CCC12.C[C@]12CC[C@](O)(Cc3ccccc3)CC1CCC1C2CC[C@]2(C)C(=O)CCC12.Cc1ccc2c(c1)CCC1C2CC[C@]2(C)C(=O)CCC12. The summed E-state index contributed by atoms with van der Waals surface area (Å²) in [5, 5.41) is 22.9. The molecule has 14 saturated carbocycles. The smallest absolute Gasteiger partial charge is 0.139 e. The summed E-state index contributed by atoms with van der Waals surface area (Å²) in [5.74, 6) is 24.9. The predicted octanol–water partition coefficient (Wildman–Crippen LogP) is 25.7. The predicted molar refractivity (Wildman–Crippen MR) is 514 cm³/mol. The minimum atomic E-state index is -0.537. The van der Waals surface area contributed by atoms with Gasteiger partial charge in [0.05, 0.1) is 17.8 Å². The van der Waals surface area contributed by atoms with E-state index in [4.69, 9.17) is 14.2 Å². The van der Waals surface area contributed by atoms with Crippen molar-refractivity contribution in [2.75, 3.05) is 19.8 Å². The van der Waals surface area contributed by atoms with Crippen molar-refractivity contribution in [3.05, 3.63) is 165 Å².